The number of rotatable bonds is 0. The lowest BCUT2D eigenvalue weighted by Gasteiger charge is -2.63. The van der Waals surface area contributed by atoms with Gasteiger partial charge >= 0.3 is 0 Å². The Bertz CT molecular complexity index is 93.8. The van der Waals surface area contributed by atoms with Crippen molar-refractivity contribution in [2.45, 2.75) is 30.5 Å². The monoisotopic (exact) mass is 137 g/mol. The van der Waals surface area contributed by atoms with E-state index in [2.05, 4.69) is 0 Å². The fraction of sp³-hybridized carbons (Fsp3) is 1.00. The van der Waals surface area contributed by atoms with Crippen LogP contribution >= 0.6 is 12.4 Å². The number of halogens is 2. The summed E-state index contributed by atoms with van der Waals surface area (Å²) in [4.78, 5) is 0. The Hall–Kier alpha value is 0.180. The summed E-state index contributed by atoms with van der Waals surface area (Å²) in [5.74, 6) is 0. The molecule has 2 bridgehead atoms. The van der Waals surface area contributed by atoms with Crippen LogP contribution < -0.4 is 5.73 Å². The van der Waals surface area contributed by atoms with E-state index in [1.54, 1.807) is 0 Å². The minimum Gasteiger partial charge on any atom is -0.325 e. The van der Waals surface area contributed by atoms with Gasteiger partial charge in [-0.25, -0.2) is 4.39 Å². The first-order valence-electron chi connectivity index (χ1n) is 2.60. The lowest BCUT2D eigenvalue weighted by Crippen LogP contribution is -2.74. The van der Waals surface area contributed by atoms with Crippen LogP contribution in [-0.4, -0.2) is 11.2 Å². The molecule has 0 amide bonds. The molecular formula is C5H9ClFN. The van der Waals surface area contributed by atoms with Crippen molar-refractivity contribution in [3.63, 3.8) is 0 Å². The van der Waals surface area contributed by atoms with Crippen molar-refractivity contribution in [2.24, 2.45) is 5.73 Å². The molecule has 0 spiro atoms. The average Bonchev–Trinajstić information content (AvgIpc) is 1.27. The van der Waals surface area contributed by atoms with Crippen LogP contribution in [0.1, 0.15) is 19.3 Å². The van der Waals surface area contributed by atoms with Crippen molar-refractivity contribution in [3.05, 3.63) is 0 Å². The first kappa shape index (κ1) is 6.30. The van der Waals surface area contributed by atoms with Crippen molar-refractivity contribution >= 4 is 12.4 Å². The summed E-state index contributed by atoms with van der Waals surface area (Å²) < 4.78 is 12.4. The van der Waals surface area contributed by atoms with E-state index in [1.807, 2.05) is 0 Å². The molecule has 0 unspecified atom stereocenters. The second-order valence-electron chi connectivity index (χ2n) is 3.04. The number of hydrogen-bond donors (Lipinski definition) is 1. The van der Waals surface area contributed by atoms with Crippen molar-refractivity contribution < 1.29 is 4.39 Å². The van der Waals surface area contributed by atoms with Gasteiger partial charge in [0.05, 0.1) is 0 Å². The Morgan fingerprint density at radius 1 is 1.25 bits per heavy atom. The van der Waals surface area contributed by atoms with Crippen molar-refractivity contribution in [1.82, 2.24) is 0 Å². The lowest BCUT2D eigenvalue weighted by atomic mass is 9.48. The lowest BCUT2D eigenvalue weighted by molar-refractivity contribution is -0.149. The highest BCUT2D eigenvalue weighted by Crippen LogP contribution is 2.61. The highest BCUT2D eigenvalue weighted by atomic mass is 35.5. The molecule has 1 nitrogen and oxygen atoms in total. The predicted octanol–water partition coefficient (Wildman–Crippen LogP) is 1.01. The molecule has 3 aliphatic rings. The van der Waals surface area contributed by atoms with E-state index < -0.39 is 5.67 Å². The predicted molar refractivity (Wildman–Crippen MR) is 31.9 cm³/mol. The Labute approximate surface area is 53.8 Å². The molecule has 0 aliphatic heterocycles. The maximum atomic E-state index is 12.4. The van der Waals surface area contributed by atoms with E-state index in [0.717, 1.165) is 0 Å². The van der Waals surface area contributed by atoms with Crippen LogP contribution in [0.3, 0.4) is 0 Å². The maximum Gasteiger partial charge on any atom is 0.116 e. The van der Waals surface area contributed by atoms with Crippen LogP contribution in [-0.2, 0) is 0 Å². The van der Waals surface area contributed by atoms with Crippen molar-refractivity contribution in [1.29, 1.82) is 0 Å². The topological polar surface area (TPSA) is 26.0 Å². The minimum atomic E-state index is -0.797. The summed E-state index contributed by atoms with van der Waals surface area (Å²) >= 11 is 0. The van der Waals surface area contributed by atoms with Gasteiger partial charge in [0.25, 0.3) is 0 Å². The van der Waals surface area contributed by atoms with E-state index in [1.165, 1.54) is 0 Å². The van der Waals surface area contributed by atoms with Crippen LogP contribution in [0.25, 0.3) is 0 Å². The van der Waals surface area contributed by atoms with Gasteiger partial charge in [-0.15, -0.1) is 12.4 Å². The fourth-order valence-corrected chi connectivity index (χ4v) is 1.74. The standard InChI is InChI=1S/C5H8FN.ClH/c6-4-1-5(7,2-4)3-4;/h1-3,7H2;1H. The SMILES string of the molecule is Cl.NC12CC(F)(C1)C2. The van der Waals surface area contributed by atoms with E-state index in [0.29, 0.717) is 19.3 Å². The minimum absolute atomic E-state index is 0. The van der Waals surface area contributed by atoms with Crippen LogP contribution in [0.4, 0.5) is 4.39 Å². The van der Waals surface area contributed by atoms with Gasteiger partial charge in [0.2, 0.25) is 0 Å². The van der Waals surface area contributed by atoms with Crippen LogP contribution in [0.15, 0.2) is 0 Å². The molecule has 0 aromatic rings. The summed E-state index contributed by atoms with van der Waals surface area (Å²) in [5.41, 5.74) is 4.69. The third kappa shape index (κ3) is 0.502. The summed E-state index contributed by atoms with van der Waals surface area (Å²) in [5, 5.41) is 0. The zero-order valence-electron chi connectivity index (χ0n) is 4.48. The molecule has 0 saturated heterocycles. The number of hydrogen-bond acceptors (Lipinski definition) is 1. The molecule has 0 heterocycles. The van der Waals surface area contributed by atoms with Crippen LogP contribution in [0.5, 0.6) is 0 Å². The molecule has 0 aromatic heterocycles. The van der Waals surface area contributed by atoms with Gasteiger partial charge in [-0.3, -0.25) is 0 Å². The maximum absolute atomic E-state index is 12.4. The van der Waals surface area contributed by atoms with Gasteiger partial charge in [-0.05, 0) is 19.3 Å². The second kappa shape index (κ2) is 1.19. The molecule has 2 N–H and O–H groups in total. The summed E-state index contributed by atoms with van der Waals surface area (Å²) in [6, 6.07) is 0. The van der Waals surface area contributed by atoms with Gasteiger partial charge in [0.1, 0.15) is 5.67 Å². The first-order valence-corrected chi connectivity index (χ1v) is 2.60. The Kier molecular flexibility index (Phi) is 0.937. The first-order chi connectivity index (χ1) is 3.12. The largest absolute Gasteiger partial charge is 0.325 e. The molecule has 0 radical (unpaired) electrons. The summed E-state index contributed by atoms with van der Waals surface area (Å²) in [7, 11) is 0. The molecule has 8 heavy (non-hydrogen) atoms. The molecule has 3 fully saturated rings. The highest BCUT2D eigenvalue weighted by molar-refractivity contribution is 5.85. The molecule has 3 rings (SSSR count). The third-order valence-corrected chi connectivity index (χ3v) is 2.01. The zero-order chi connectivity index (χ0) is 5.12. The summed E-state index contributed by atoms with van der Waals surface area (Å²) in [6.07, 6.45) is 1.88. The highest BCUT2D eigenvalue weighted by Gasteiger charge is 2.67. The Balaban J connectivity index is 0.000000320. The molecule has 3 heteroatoms. The van der Waals surface area contributed by atoms with E-state index in [9.17, 15) is 4.39 Å². The molecule has 3 saturated carbocycles. The third-order valence-electron chi connectivity index (χ3n) is 2.01. The molecule has 0 aromatic carbocycles. The summed E-state index contributed by atoms with van der Waals surface area (Å²) in [6.45, 7) is 0. The van der Waals surface area contributed by atoms with Gasteiger partial charge < -0.3 is 5.73 Å². The second-order valence-corrected chi connectivity index (χ2v) is 3.04. The molecule has 3 aliphatic carbocycles. The molecular weight excluding hydrogens is 129 g/mol. The van der Waals surface area contributed by atoms with Gasteiger partial charge in [-0.2, -0.15) is 0 Å². The van der Waals surface area contributed by atoms with E-state index >= 15 is 0 Å². The van der Waals surface area contributed by atoms with Crippen molar-refractivity contribution in [2.75, 3.05) is 0 Å². The van der Waals surface area contributed by atoms with Crippen LogP contribution in [0.2, 0.25) is 0 Å². The van der Waals surface area contributed by atoms with Gasteiger partial charge in [0, 0.05) is 5.54 Å². The van der Waals surface area contributed by atoms with Crippen molar-refractivity contribution in [3.8, 4) is 0 Å². The number of alkyl halides is 1. The number of nitrogens with two attached hydrogens (primary N) is 1. The van der Waals surface area contributed by atoms with E-state index in [4.69, 9.17) is 5.73 Å². The fourth-order valence-electron chi connectivity index (χ4n) is 1.74. The smallest absolute Gasteiger partial charge is 0.116 e. The molecule has 48 valence electrons. The average molecular weight is 138 g/mol. The zero-order valence-corrected chi connectivity index (χ0v) is 5.30. The van der Waals surface area contributed by atoms with E-state index in [-0.39, 0.29) is 17.9 Å². The van der Waals surface area contributed by atoms with Gasteiger partial charge in [0.15, 0.2) is 0 Å². The van der Waals surface area contributed by atoms with Gasteiger partial charge in [-0.1, -0.05) is 0 Å². The van der Waals surface area contributed by atoms with Crippen LogP contribution in [0, 0.1) is 0 Å². The normalized spacial score (nSPS) is 57.8. The Morgan fingerprint density at radius 2 is 1.62 bits per heavy atom. The molecule has 0 atom stereocenters. The Morgan fingerprint density at radius 3 is 1.62 bits per heavy atom. The quantitative estimate of drug-likeness (QED) is 0.530.